The van der Waals surface area contributed by atoms with Crippen molar-refractivity contribution in [3.63, 3.8) is 0 Å². The Morgan fingerprint density at radius 2 is 2.27 bits per heavy atom. The molecule has 1 aromatic rings. The van der Waals surface area contributed by atoms with Crippen molar-refractivity contribution in [3.05, 3.63) is 42.0 Å². The maximum atomic E-state index is 10.3. The van der Waals surface area contributed by atoms with E-state index >= 15 is 0 Å². The predicted molar refractivity (Wildman–Crippen MR) is 40.9 cm³/mol. The maximum Gasteiger partial charge on any atom is 0.0715 e. The number of carboxylic acids is 1. The average molecular weight is 147 g/mol. The van der Waals surface area contributed by atoms with Gasteiger partial charge in [0, 0.05) is 0 Å². The van der Waals surface area contributed by atoms with Gasteiger partial charge in [-0.15, -0.1) is 0 Å². The van der Waals surface area contributed by atoms with Gasteiger partial charge in [-0.25, -0.2) is 0 Å². The van der Waals surface area contributed by atoms with Crippen molar-refractivity contribution in [1.29, 1.82) is 0 Å². The predicted octanol–water partition coefficient (Wildman–Crippen LogP) is 0.693. The van der Waals surface area contributed by atoms with Crippen molar-refractivity contribution in [2.24, 2.45) is 0 Å². The van der Waals surface area contributed by atoms with Gasteiger partial charge in [-0.3, -0.25) is 0 Å². The Morgan fingerprint density at radius 3 is 2.82 bits per heavy atom. The van der Waals surface area contributed by atoms with Gasteiger partial charge in [-0.1, -0.05) is 30.9 Å². The molecule has 0 bridgehead atoms. The molecule has 1 rings (SSSR count). The van der Waals surface area contributed by atoms with Crippen LogP contribution in [0.15, 0.2) is 30.8 Å². The van der Waals surface area contributed by atoms with Crippen molar-refractivity contribution < 1.29 is 9.90 Å². The fourth-order valence-corrected chi connectivity index (χ4v) is 0.793. The van der Waals surface area contributed by atoms with Crippen molar-refractivity contribution in [2.45, 2.75) is 0 Å². The summed E-state index contributed by atoms with van der Waals surface area (Å²) in [6.45, 7) is 3.52. The molecule has 0 N–H and O–H groups in total. The highest BCUT2D eigenvalue weighted by Gasteiger charge is 1.91. The summed E-state index contributed by atoms with van der Waals surface area (Å²) in [5, 5.41) is 10.3. The topological polar surface area (TPSA) is 40.1 Å². The van der Waals surface area contributed by atoms with Crippen LogP contribution in [0.1, 0.15) is 15.9 Å². The molecule has 0 aromatic heterocycles. The number of benzene rings is 1. The van der Waals surface area contributed by atoms with E-state index in [4.69, 9.17) is 0 Å². The van der Waals surface area contributed by atoms with Gasteiger partial charge < -0.3 is 9.90 Å². The van der Waals surface area contributed by atoms with Gasteiger partial charge in [-0.2, -0.15) is 0 Å². The first-order valence-electron chi connectivity index (χ1n) is 3.18. The van der Waals surface area contributed by atoms with Crippen LogP contribution in [0.25, 0.3) is 6.08 Å². The third-order valence-corrected chi connectivity index (χ3v) is 1.36. The summed E-state index contributed by atoms with van der Waals surface area (Å²) in [5.74, 6) is -1.16. The molecular weight excluding hydrogens is 140 g/mol. The summed E-state index contributed by atoms with van der Waals surface area (Å²) in [5.41, 5.74) is 0.967. The van der Waals surface area contributed by atoms with Crippen LogP contribution in [0.2, 0.25) is 0 Å². The fourth-order valence-electron chi connectivity index (χ4n) is 0.793. The Labute approximate surface area is 64.8 Å². The quantitative estimate of drug-likeness (QED) is 0.617. The number of carboxylic acid groups (broad SMARTS) is 1. The van der Waals surface area contributed by atoms with Gasteiger partial charge in [-0.05, 0) is 17.2 Å². The van der Waals surface area contributed by atoms with E-state index in [0.29, 0.717) is 0 Å². The van der Waals surface area contributed by atoms with Crippen LogP contribution < -0.4 is 5.11 Å². The molecule has 1 aromatic carbocycles. The van der Waals surface area contributed by atoms with Crippen LogP contribution in [0.3, 0.4) is 0 Å². The van der Waals surface area contributed by atoms with Crippen LogP contribution in [0, 0.1) is 0 Å². The Morgan fingerprint density at radius 1 is 1.55 bits per heavy atom. The van der Waals surface area contributed by atoms with Gasteiger partial charge >= 0.3 is 0 Å². The van der Waals surface area contributed by atoms with Crippen molar-refractivity contribution in [3.8, 4) is 0 Å². The first kappa shape index (κ1) is 7.54. The number of carbonyl (C=O) groups is 1. The zero-order valence-corrected chi connectivity index (χ0v) is 5.91. The van der Waals surface area contributed by atoms with Gasteiger partial charge in [0.25, 0.3) is 0 Å². The Bertz CT molecular complexity index is 289. The lowest BCUT2D eigenvalue weighted by Gasteiger charge is -2.01. The zero-order chi connectivity index (χ0) is 8.27. The third kappa shape index (κ3) is 1.67. The minimum Gasteiger partial charge on any atom is -0.545 e. The fraction of sp³-hybridized carbons (Fsp3) is 0. The summed E-state index contributed by atoms with van der Waals surface area (Å²) in [6, 6.07) is 6.44. The third-order valence-electron chi connectivity index (χ3n) is 1.36. The van der Waals surface area contributed by atoms with Crippen molar-refractivity contribution >= 4 is 12.0 Å². The molecule has 0 aliphatic rings. The minimum absolute atomic E-state index is 0.183. The van der Waals surface area contributed by atoms with Gasteiger partial charge in [0.15, 0.2) is 0 Å². The van der Waals surface area contributed by atoms with Crippen LogP contribution in [-0.4, -0.2) is 5.97 Å². The van der Waals surface area contributed by atoms with E-state index in [1.807, 2.05) is 0 Å². The molecule has 2 nitrogen and oxygen atoms in total. The van der Waals surface area contributed by atoms with Crippen LogP contribution in [0.4, 0.5) is 0 Å². The summed E-state index contributed by atoms with van der Waals surface area (Å²) in [4.78, 5) is 10.3. The number of aromatic carboxylic acids is 1. The summed E-state index contributed by atoms with van der Waals surface area (Å²) >= 11 is 0. The number of carbonyl (C=O) groups excluding carboxylic acids is 1. The normalized spacial score (nSPS) is 9.09. The smallest absolute Gasteiger partial charge is 0.0715 e. The maximum absolute atomic E-state index is 10.3. The summed E-state index contributed by atoms with van der Waals surface area (Å²) < 4.78 is 0. The molecule has 0 radical (unpaired) electrons. The van der Waals surface area contributed by atoms with E-state index < -0.39 is 5.97 Å². The molecule has 0 fully saturated rings. The average Bonchev–Trinajstić information content (AvgIpc) is 2.05. The number of rotatable bonds is 2. The molecule has 0 heterocycles. The number of hydrogen-bond donors (Lipinski definition) is 0. The van der Waals surface area contributed by atoms with Crippen LogP contribution in [0.5, 0.6) is 0 Å². The lowest BCUT2D eigenvalue weighted by molar-refractivity contribution is -0.255. The lowest BCUT2D eigenvalue weighted by Crippen LogP contribution is -2.22. The SMILES string of the molecule is C=Cc1cccc(C(=O)[O-])c1. The zero-order valence-electron chi connectivity index (χ0n) is 5.91. The van der Waals surface area contributed by atoms with E-state index in [9.17, 15) is 9.90 Å². The summed E-state index contributed by atoms with van der Waals surface area (Å²) in [7, 11) is 0. The lowest BCUT2D eigenvalue weighted by atomic mass is 10.1. The van der Waals surface area contributed by atoms with E-state index in [1.165, 1.54) is 12.1 Å². The van der Waals surface area contributed by atoms with Crippen LogP contribution in [-0.2, 0) is 0 Å². The number of hydrogen-bond acceptors (Lipinski definition) is 2. The first-order chi connectivity index (χ1) is 5.24. The van der Waals surface area contributed by atoms with Crippen LogP contribution >= 0.6 is 0 Å². The first-order valence-corrected chi connectivity index (χ1v) is 3.18. The summed E-state index contributed by atoms with van der Waals surface area (Å²) in [6.07, 6.45) is 1.59. The molecule has 56 valence electrons. The molecule has 0 atom stereocenters. The monoisotopic (exact) mass is 147 g/mol. The molecule has 0 aliphatic heterocycles. The minimum atomic E-state index is -1.16. The molecule has 0 saturated carbocycles. The Balaban J connectivity index is 3.10. The molecular formula is C9H7O2-. The highest BCUT2D eigenvalue weighted by atomic mass is 16.4. The van der Waals surface area contributed by atoms with E-state index in [2.05, 4.69) is 6.58 Å². The van der Waals surface area contributed by atoms with E-state index in [0.717, 1.165) is 5.56 Å². The second-order valence-corrected chi connectivity index (χ2v) is 2.12. The largest absolute Gasteiger partial charge is 0.545 e. The molecule has 0 unspecified atom stereocenters. The van der Waals surface area contributed by atoms with Gasteiger partial charge in [0.05, 0.1) is 5.97 Å². The highest BCUT2D eigenvalue weighted by molar-refractivity contribution is 5.86. The van der Waals surface area contributed by atoms with Gasteiger partial charge in [0.1, 0.15) is 0 Å². The molecule has 0 amide bonds. The molecule has 0 aliphatic carbocycles. The molecule has 0 spiro atoms. The molecule has 2 heteroatoms. The van der Waals surface area contributed by atoms with E-state index in [1.54, 1.807) is 18.2 Å². The molecule has 11 heavy (non-hydrogen) atoms. The highest BCUT2D eigenvalue weighted by Crippen LogP contribution is 2.04. The van der Waals surface area contributed by atoms with Crippen molar-refractivity contribution in [2.75, 3.05) is 0 Å². The van der Waals surface area contributed by atoms with Crippen molar-refractivity contribution in [1.82, 2.24) is 0 Å². The second-order valence-electron chi connectivity index (χ2n) is 2.12. The van der Waals surface area contributed by atoms with E-state index in [-0.39, 0.29) is 5.56 Å². The van der Waals surface area contributed by atoms with Gasteiger partial charge in [0.2, 0.25) is 0 Å². The standard InChI is InChI=1S/C9H8O2/c1-2-7-4-3-5-8(6-7)9(10)11/h2-6H,1H2,(H,10,11)/p-1. The Kier molecular flexibility index (Phi) is 2.06. The second kappa shape index (κ2) is 3.01. The Hall–Kier alpha value is -1.57. The molecule has 0 saturated heterocycles.